The van der Waals surface area contributed by atoms with E-state index in [1.165, 1.54) is 27.4 Å². The number of thiazole rings is 1. The molecule has 0 unspecified atom stereocenters. The van der Waals surface area contributed by atoms with Crippen LogP contribution in [0.5, 0.6) is 0 Å². The molecule has 0 aliphatic rings. The Morgan fingerprint density at radius 3 is 2.22 bits per heavy atom. The molecule has 1 heterocycles. The second kappa shape index (κ2) is 7.21. The van der Waals surface area contributed by atoms with Gasteiger partial charge in [-0.1, -0.05) is 48.1 Å². The second-order valence-corrected chi connectivity index (χ2v) is 7.64. The molecular weight excluding hydrogens is 330 g/mol. The van der Waals surface area contributed by atoms with Crippen LogP contribution in [0, 0.1) is 6.92 Å². The van der Waals surface area contributed by atoms with Gasteiger partial charge < -0.3 is 4.55 Å². The highest BCUT2D eigenvalue weighted by Gasteiger charge is 2.13. The average Bonchev–Trinajstić information content (AvgIpc) is 2.84. The van der Waals surface area contributed by atoms with E-state index in [1.807, 2.05) is 18.3 Å². The Bertz CT molecular complexity index is 897. The molecule has 3 rings (SSSR count). The lowest BCUT2D eigenvalue weighted by atomic mass is 10.2. The molecule has 0 N–H and O–H groups in total. The van der Waals surface area contributed by atoms with Gasteiger partial charge in [0.15, 0.2) is 0 Å². The van der Waals surface area contributed by atoms with Crippen LogP contribution in [0.4, 0.5) is 0 Å². The van der Waals surface area contributed by atoms with Crippen LogP contribution in [0.2, 0.25) is 0 Å². The number of nitrogens with zero attached hydrogens (tertiary/aromatic N) is 1. The van der Waals surface area contributed by atoms with Crippen molar-refractivity contribution in [3.63, 3.8) is 0 Å². The standard InChI is InChI=1S/C10H12NS.C7H8O3S/c1-3-10-11(2)8-6-4-5-7-9(8)12-10;1-6-2-4-7(5-3-6)11(8,9)10/h4-7H,3H2,1-2H3;2-5H,1H3,(H,8,9,10)/q+1;/p-1. The van der Waals surface area contributed by atoms with E-state index in [2.05, 4.69) is 42.8 Å². The van der Waals surface area contributed by atoms with Gasteiger partial charge in [-0.2, -0.15) is 4.57 Å². The maximum absolute atomic E-state index is 10.4. The summed E-state index contributed by atoms with van der Waals surface area (Å²) in [4.78, 5) is -0.178. The van der Waals surface area contributed by atoms with Crippen molar-refractivity contribution in [3.8, 4) is 0 Å². The normalized spacial score (nSPS) is 11.1. The van der Waals surface area contributed by atoms with Crippen molar-refractivity contribution in [1.29, 1.82) is 0 Å². The summed E-state index contributed by atoms with van der Waals surface area (Å²) in [6.45, 7) is 4.02. The minimum absolute atomic E-state index is 0.178. The van der Waals surface area contributed by atoms with Crippen LogP contribution in [-0.4, -0.2) is 13.0 Å². The zero-order valence-corrected chi connectivity index (χ0v) is 14.9. The van der Waals surface area contributed by atoms with Crippen LogP contribution in [-0.2, 0) is 23.6 Å². The first-order valence-electron chi connectivity index (χ1n) is 7.22. The van der Waals surface area contributed by atoms with Crippen LogP contribution in [0.15, 0.2) is 53.4 Å². The highest BCUT2D eigenvalue weighted by atomic mass is 32.2. The lowest BCUT2D eigenvalue weighted by Gasteiger charge is -2.05. The van der Waals surface area contributed by atoms with Gasteiger partial charge in [-0.3, -0.25) is 0 Å². The van der Waals surface area contributed by atoms with Gasteiger partial charge >= 0.3 is 0 Å². The third-order valence-corrected chi connectivity index (χ3v) is 5.65. The van der Waals surface area contributed by atoms with Gasteiger partial charge in [0.05, 0.1) is 4.90 Å². The van der Waals surface area contributed by atoms with E-state index < -0.39 is 10.1 Å². The molecule has 3 aromatic rings. The van der Waals surface area contributed by atoms with E-state index in [0.717, 1.165) is 12.0 Å². The summed E-state index contributed by atoms with van der Waals surface area (Å²) in [5.41, 5.74) is 2.27. The largest absolute Gasteiger partial charge is 0.744 e. The molecule has 0 amide bonds. The lowest BCUT2D eigenvalue weighted by molar-refractivity contribution is -0.647. The van der Waals surface area contributed by atoms with E-state index >= 15 is 0 Å². The number of aromatic nitrogens is 1. The minimum Gasteiger partial charge on any atom is -0.744 e. The molecule has 0 fully saturated rings. The van der Waals surface area contributed by atoms with Crippen molar-refractivity contribution in [2.45, 2.75) is 25.2 Å². The molecule has 122 valence electrons. The number of para-hydroxylation sites is 1. The Morgan fingerprint density at radius 2 is 1.70 bits per heavy atom. The summed E-state index contributed by atoms with van der Waals surface area (Å²) in [6, 6.07) is 14.3. The predicted molar refractivity (Wildman–Crippen MR) is 91.5 cm³/mol. The number of fused-ring (bicyclic) bond motifs is 1. The van der Waals surface area contributed by atoms with Crippen LogP contribution >= 0.6 is 11.3 Å². The van der Waals surface area contributed by atoms with Gasteiger partial charge in [-0.15, -0.1) is 0 Å². The fourth-order valence-corrected chi connectivity index (χ4v) is 3.72. The van der Waals surface area contributed by atoms with Gasteiger partial charge in [0, 0.05) is 12.5 Å². The van der Waals surface area contributed by atoms with Crippen molar-refractivity contribution in [2.24, 2.45) is 7.05 Å². The molecule has 0 bridgehead atoms. The first kappa shape index (κ1) is 17.6. The van der Waals surface area contributed by atoms with Gasteiger partial charge in [0.1, 0.15) is 21.9 Å². The molecule has 0 saturated heterocycles. The summed E-state index contributed by atoms with van der Waals surface area (Å²) < 4.78 is 34.8. The number of hydrogen-bond donors (Lipinski definition) is 0. The SMILES string of the molecule is CCc1sc2ccccc2[n+]1C.Cc1ccc(S(=O)(=O)[O-])cc1. The number of aryl methyl sites for hydroxylation is 3. The highest BCUT2D eigenvalue weighted by Crippen LogP contribution is 2.19. The minimum atomic E-state index is -4.27. The van der Waals surface area contributed by atoms with E-state index in [4.69, 9.17) is 0 Å². The first-order valence-corrected chi connectivity index (χ1v) is 9.44. The number of rotatable bonds is 2. The van der Waals surface area contributed by atoms with Crippen molar-refractivity contribution < 1.29 is 17.5 Å². The Hall–Kier alpha value is -1.76. The van der Waals surface area contributed by atoms with Crippen LogP contribution in [0.3, 0.4) is 0 Å². The van der Waals surface area contributed by atoms with Crippen LogP contribution < -0.4 is 4.57 Å². The monoisotopic (exact) mass is 349 g/mol. The van der Waals surface area contributed by atoms with E-state index in [-0.39, 0.29) is 4.90 Å². The molecule has 0 aliphatic heterocycles. The number of benzene rings is 2. The zero-order chi connectivity index (χ0) is 17.0. The third kappa shape index (κ3) is 4.37. The Labute approximate surface area is 140 Å². The quantitative estimate of drug-likeness (QED) is 0.527. The van der Waals surface area contributed by atoms with E-state index in [0.29, 0.717) is 0 Å². The molecule has 0 radical (unpaired) electrons. The van der Waals surface area contributed by atoms with Crippen molar-refractivity contribution in [1.82, 2.24) is 0 Å². The lowest BCUT2D eigenvalue weighted by Crippen LogP contribution is -2.30. The molecule has 0 aliphatic carbocycles. The summed E-state index contributed by atoms with van der Waals surface area (Å²) in [5, 5.41) is 1.44. The van der Waals surface area contributed by atoms with Gasteiger partial charge in [0.25, 0.3) is 0 Å². The highest BCUT2D eigenvalue weighted by molar-refractivity contribution is 7.85. The molecule has 0 spiro atoms. The number of hydrogen-bond acceptors (Lipinski definition) is 4. The molecule has 0 saturated carbocycles. The molecule has 2 aromatic carbocycles. The summed E-state index contributed by atoms with van der Waals surface area (Å²) in [5.74, 6) is 0. The zero-order valence-electron chi connectivity index (χ0n) is 13.3. The predicted octanol–water partition coefficient (Wildman–Crippen LogP) is 3.19. The smallest absolute Gasteiger partial charge is 0.237 e. The van der Waals surface area contributed by atoms with E-state index in [1.54, 1.807) is 12.1 Å². The topological polar surface area (TPSA) is 61.1 Å². The fraction of sp³-hybridized carbons (Fsp3) is 0.235. The Morgan fingerprint density at radius 1 is 1.09 bits per heavy atom. The van der Waals surface area contributed by atoms with Gasteiger partial charge in [-0.05, 0) is 25.1 Å². The Balaban J connectivity index is 0.000000168. The summed E-state index contributed by atoms with van der Waals surface area (Å²) in [7, 11) is -2.13. The maximum atomic E-state index is 10.4. The summed E-state index contributed by atoms with van der Waals surface area (Å²) in [6.07, 6.45) is 1.12. The third-order valence-electron chi connectivity index (χ3n) is 3.44. The van der Waals surface area contributed by atoms with Crippen molar-refractivity contribution in [3.05, 3.63) is 59.1 Å². The van der Waals surface area contributed by atoms with Crippen LogP contribution in [0.25, 0.3) is 10.2 Å². The maximum Gasteiger partial charge on any atom is 0.237 e. The molecule has 1 aromatic heterocycles. The molecule has 23 heavy (non-hydrogen) atoms. The first-order chi connectivity index (χ1) is 10.8. The molecule has 6 heteroatoms. The average molecular weight is 349 g/mol. The van der Waals surface area contributed by atoms with Gasteiger partial charge in [0.2, 0.25) is 10.5 Å². The van der Waals surface area contributed by atoms with Crippen LogP contribution in [0.1, 0.15) is 17.5 Å². The molecular formula is C17H19NO3S2. The van der Waals surface area contributed by atoms with Gasteiger partial charge in [-0.25, -0.2) is 8.42 Å². The Kier molecular flexibility index (Phi) is 5.51. The van der Waals surface area contributed by atoms with Crippen molar-refractivity contribution in [2.75, 3.05) is 0 Å². The molecule has 4 nitrogen and oxygen atoms in total. The fourth-order valence-electron chi connectivity index (χ4n) is 2.16. The molecule has 0 atom stereocenters. The van der Waals surface area contributed by atoms with E-state index in [9.17, 15) is 13.0 Å². The van der Waals surface area contributed by atoms with Crippen molar-refractivity contribution >= 4 is 31.7 Å². The summed E-state index contributed by atoms with van der Waals surface area (Å²) >= 11 is 1.89. The second-order valence-electron chi connectivity index (χ2n) is 5.14.